The van der Waals surface area contributed by atoms with E-state index in [0.29, 0.717) is 6.54 Å². The Morgan fingerprint density at radius 2 is 2.21 bits per heavy atom. The Morgan fingerprint density at radius 1 is 1.43 bits per heavy atom. The number of nitrogens with one attached hydrogen (secondary N) is 1. The maximum Gasteiger partial charge on any atom is 0.340 e. The number of esters is 1. The van der Waals surface area contributed by atoms with E-state index in [1.54, 1.807) is 6.07 Å². The van der Waals surface area contributed by atoms with Crippen LogP contribution in [0.25, 0.3) is 0 Å². The smallest absolute Gasteiger partial charge is 0.340 e. The molecule has 0 fully saturated rings. The van der Waals surface area contributed by atoms with E-state index in [-0.39, 0.29) is 30.3 Å². The highest BCUT2D eigenvalue weighted by Gasteiger charge is 2.18. The lowest BCUT2D eigenvalue weighted by Crippen LogP contribution is -2.06. The molecule has 0 spiro atoms. The summed E-state index contributed by atoms with van der Waals surface area (Å²) in [4.78, 5) is 11.2. The van der Waals surface area contributed by atoms with Gasteiger partial charge in [-0.05, 0) is 12.1 Å². The van der Waals surface area contributed by atoms with Crippen LogP contribution >= 0.6 is 12.4 Å². The largest absolute Gasteiger partial charge is 0.460 e. The number of anilines is 1. The second kappa shape index (κ2) is 4.28. The van der Waals surface area contributed by atoms with Gasteiger partial charge in [0.1, 0.15) is 12.4 Å². The number of rotatable bonds is 0. The number of hydrogen-bond acceptors (Lipinski definition) is 3. The monoisotopic (exact) mass is 217 g/mol. The van der Waals surface area contributed by atoms with Crippen molar-refractivity contribution in [2.75, 3.05) is 18.5 Å². The average molecular weight is 218 g/mol. The van der Waals surface area contributed by atoms with Crippen LogP contribution in [0.5, 0.6) is 0 Å². The fourth-order valence-corrected chi connectivity index (χ4v) is 1.27. The Morgan fingerprint density at radius 3 is 3.00 bits per heavy atom. The first-order valence-corrected chi connectivity index (χ1v) is 3.98. The zero-order valence-electron chi connectivity index (χ0n) is 7.25. The molecule has 0 aliphatic carbocycles. The minimum atomic E-state index is -0.473. The number of hydrogen-bond donors (Lipinski definition) is 1. The van der Waals surface area contributed by atoms with Crippen LogP contribution in [0.15, 0.2) is 18.2 Å². The van der Waals surface area contributed by atoms with Crippen molar-refractivity contribution in [2.24, 2.45) is 0 Å². The van der Waals surface area contributed by atoms with E-state index in [2.05, 4.69) is 5.32 Å². The Labute approximate surface area is 86.7 Å². The van der Waals surface area contributed by atoms with E-state index in [1.165, 1.54) is 12.1 Å². The second-order valence-corrected chi connectivity index (χ2v) is 2.73. The van der Waals surface area contributed by atoms with Crippen molar-refractivity contribution in [3.05, 3.63) is 29.6 Å². The van der Waals surface area contributed by atoms with Gasteiger partial charge in [-0.1, -0.05) is 6.07 Å². The molecule has 0 saturated heterocycles. The summed E-state index contributed by atoms with van der Waals surface area (Å²) in [6, 6.07) is 4.34. The lowest BCUT2D eigenvalue weighted by atomic mass is 10.2. The minimum Gasteiger partial charge on any atom is -0.460 e. The molecule has 1 aromatic rings. The Balaban J connectivity index is 0.000000980. The van der Waals surface area contributed by atoms with Gasteiger partial charge in [0, 0.05) is 6.54 Å². The molecule has 2 rings (SSSR count). The molecule has 14 heavy (non-hydrogen) atoms. The zero-order valence-corrected chi connectivity index (χ0v) is 8.07. The SMILES string of the molecule is Cl.O=C1OCCNc2c(F)cccc21. The number of halogens is 2. The van der Waals surface area contributed by atoms with E-state index < -0.39 is 11.8 Å². The summed E-state index contributed by atoms with van der Waals surface area (Å²) in [7, 11) is 0. The lowest BCUT2D eigenvalue weighted by molar-refractivity contribution is 0.0529. The number of cyclic esters (lactones) is 1. The Kier molecular flexibility index (Phi) is 3.30. The molecule has 0 aromatic heterocycles. The van der Waals surface area contributed by atoms with Gasteiger partial charge in [0.25, 0.3) is 0 Å². The van der Waals surface area contributed by atoms with Gasteiger partial charge >= 0.3 is 5.97 Å². The highest BCUT2D eigenvalue weighted by Crippen LogP contribution is 2.21. The van der Waals surface area contributed by atoms with Gasteiger partial charge in [-0.25, -0.2) is 9.18 Å². The quantitative estimate of drug-likeness (QED) is 0.674. The summed E-state index contributed by atoms with van der Waals surface area (Å²) in [6.45, 7) is 0.715. The third-order valence-corrected chi connectivity index (χ3v) is 1.87. The van der Waals surface area contributed by atoms with Crippen LogP contribution in [0.4, 0.5) is 10.1 Å². The number of carbonyl (C=O) groups excluding carboxylic acids is 1. The predicted molar refractivity (Wildman–Crippen MR) is 52.4 cm³/mol. The lowest BCUT2D eigenvalue weighted by Gasteiger charge is -2.04. The molecule has 0 atom stereocenters. The molecule has 1 aliphatic rings. The number of para-hydroxylation sites is 1. The zero-order chi connectivity index (χ0) is 9.26. The molecular formula is C9H9ClFNO2. The highest BCUT2D eigenvalue weighted by molar-refractivity contribution is 5.96. The van der Waals surface area contributed by atoms with Gasteiger partial charge in [-0.3, -0.25) is 0 Å². The number of benzene rings is 1. The van der Waals surface area contributed by atoms with Crippen LogP contribution < -0.4 is 5.32 Å². The van der Waals surface area contributed by atoms with E-state index in [0.717, 1.165) is 0 Å². The van der Waals surface area contributed by atoms with Crippen LogP contribution in [-0.2, 0) is 4.74 Å². The molecule has 1 heterocycles. The first-order chi connectivity index (χ1) is 6.29. The first-order valence-electron chi connectivity index (χ1n) is 3.98. The number of carbonyl (C=O) groups is 1. The van der Waals surface area contributed by atoms with Gasteiger partial charge in [0.2, 0.25) is 0 Å². The molecule has 0 saturated carbocycles. The van der Waals surface area contributed by atoms with Crippen LogP contribution in [0.2, 0.25) is 0 Å². The summed E-state index contributed by atoms with van der Waals surface area (Å²) in [5.74, 6) is -0.893. The van der Waals surface area contributed by atoms with Gasteiger partial charge in [0.15, 0.2) is 0 Å². The molecule has 76 valence electrons. The van der Waals surface area contributed by atoms with E-state index in [1.807, 2.05) is 0 Å². The van der Waals surface area contributed by atoms with Crippen molar-refractivity contribution in [1.82, 2.24) is 0 Å². The van der Waals surface area contributed by atoms with Crippen molar-refractivity contribution in [3.8, 4) is 0 Å². The molecule has 0 unspecified atom stereocenters. The van der Waals surface area contributed by atoms with Gasteiger partial charge in [-0.15, -0.1) is 12.4 Å². The van der Waals surface area contributed by atoms with Gasteiger partial charge < -0.3 is 10.1 Å². The van der Waals surface area contributed by atoms with Crippen molar-refractivity contribution in [3.63, 3.8) is 0 Å². The molecule has 1 aromatic carbocycles. The highest BCUT2D eigenvalue weighted by atomic mass is 35.5. The summed E-state index contributed by atoms with van der Waals surface area (Å²) < 4.78 is 18.0. The van der Waals surface area contributed by atoms with Crippen LogP contribution in [0.3, 0.4) is 0 Å². The van der Waals surface area contributed by atoms with Crippen LogP contribution in [0, 0.1) is 5.82 Å². The fourth-order valence-electron chi connectivity index (χ4n) is 1.27. The summed E-state index contributed by atoms with van der Waals surface area (Å²) in [5.41, 5.74) is 0.502. The third kappa shape index (κ3) is 1.80. The molecular weight excluding hydrogens is 209 g/mol. The molecule has 0 amide bonds. The summed E-state index contributed by atoms with van der Waals surface area (Å²) >= 11 is 0. The topological polar surface area (TPSA) is 38.3 Å². The van der Waals surface area contributed by atoms with Crippen molar-refractivity contribution in [1.29, 1.82) is 0 Å². The number of ether oxygens (including phenoxy) is 1. The van der Waals surface area contributed by atoms with Gasteiger partial charge in [0.05, 0.1) is 11.3 Å². The van der Waals surface area contributed by atoms with E-state index in [4.69, 9.17) is 4.74 Å². The standard InChI is InChI=1S/C9H8FNO2.ClH/c10-7-3-1-2-6-8(7)11-4-5-13-9(6)12;/h1-3,11H,4-5H2;1H. The fraction of sp³-hybridized carbons (Fsp3) is 0.222. The van der Waals surface area contributed by atoms with Crippen LogP contribution in [0.1, 0.15) is 10.4 Å². The van der Waals surface area contributed by atoms with E-state index >= 15 is 0 Å². The van der Waals surface area contributed by atoms with Crippen molar-refractivity contribution < 1.29 is 13.9 Å². The Hall–Kier alpha value is -1.29. The van der Waals surface area contributed by atoms with Crippen LogP contribution in [-0.4, -0.2) is 19.1 Å². The Bertz CT molecular complexity index is 357. The second-order valence-electron chi connectivity index (χ2n) is 2.73. The van der Waals surface area contributed by atoms with E-state index in [9.17, 15) is 9.18 Å². The summed E-state index contributed by atoms with van der Waals surface area (Å²) in [6.07, 6.45) is 0. The van der Waals surface area contributed by atoms with Gasteiger partial charge in [-0.2, -0.15) is 0 Å². The maximum absolute atomic E-state index is 13.2. The normalized spacial score (nSPS) is 14.2. The molecule has 0 radical (unpaired) electrons. The maximum atomic E-state index is 13.2. The molecule has 3 nitrogen and oxygen atoms in total. The van der Waals surface area contributed by atoms with Crippen molar-refractivity contribution in [2.45, 2.75) is 0 Å². The minimum absolute atomic E-state index is 0. The summed E-state index contributed by atoms with van der Waals surface area (Å²) in [5, 5.41) is 2.80. The first kappa shape index (κ1) is 10.8. The molecule has 1 N–H and O–H groups in total. The average Bonchev–Trinajstić information content (AvgIpc) is 2.30. The predicted octanol–water partition coefficient (Wildman–Crippen LogP) is 1.83. The molecule has 5 heteroatoms. The molecule has 1 aliphatic heterocycles. The number of fused-ring (bicyclic) bond motifs is 1. The molecule has 0 bridgehead atoms. The van der Waals surface area contributed by atoms with Crippen molar-refractivity contribution >= 4 is 24.1 Å². The third-order valence-electron chi connectivity index (χ3n) is 1.87.